The molecule has 0 saturated carbocycles. The molecule has 0 spiro atoms. The van der Waals surface area contributed by atoms with Crippen LogP contribution in [0.3, 0.4) is 0 Å². The average Bonchev–Trinajstić information content (AvgIpc) is 2.63. The lowest BCUT2D eigenvalue weighted by atomic mass is 10.2. The number of nitrogens with zero attached hydrogens (tertiary/aromatic N) is 2. The van der Waals surface area contributed by atoms with Crippen molar-refractivity contribution in [2.24, 2.45) is 0 Å². The van der Waals surface area contributed by atoms with E-state index in [1.54, 1.807) is 13.0 Å². The van der Waals surface area contributed by atoms with Crippen molar-refractivity contribution in [2.75, 3.05) is 6.54 Å². The highest BCUT2D eigenvalue weighted by atomic mass is 16.5. The van der Waals surface area contributed by atoms with E-state index in [4.69, 9.17) is 9.63 Å². The zero-order valence-corrected chi connectivity index (χ0v) is 10.8. The molecule has 6 heteroatoms. The molecule has 100 valence electrons. The average molecular weight is 254 g/mol. The highest BCUT2D eigenvalue weighted by Crippen LogP contribution is 2.07. The third-order valence-electron chi connectivity index (χ3n) is 2.52. The van der Waals surface area contributed by atoms with E-state index < -0.39 is 5.97 Å². The van der Waals surface area contributed by atoms with Gasteiger partial charge in [-0.15, -0.1) is 0 Å². The van der Waals surface area contributed by atoms with E-state index in [2.05, 4.69) is 5.16 Å². The molecule has 1 aromatic heterocycles. The molecular formula is C12H18N2O4. The standard InChI is InChI=1S/C12H18N2O4/c1-8(2)14(5-4-12(16)17)11(15)7-10-6-9(3)18-13-10/h6,8H,4-5,7H2,1-3H3,(H,16,17). The molecule has 6 nitrogen and oxygen atoms in total. The Morgan fingerprint density at radius 1 is 1.50 bits per heavy atom. The number of rotatable bonds is 6. The summed E-state index contributed by atoms with van der Waals surface area (Å²) in [4.78, 5) is 24.1. The summed E-state index contributed by atoms with van der Waals surface area (Å²) in [6.07, 6.45) is 0.0803. The molecule has 0 aliphatic heterocycles. The Bertz CT molecular complexity index is 425. The van der Waals surface area contributed by atoms with Crippen molar-refractivity contribution >= 4 is 11.9 Å². The fourth-order valence-corrected chi connectivity index (χ4v) is 1.64. The molecule has 0 aromatic carbocycles. The Morgan fingerprint density at radius 2 is 2.17 bits per heavy atom. The SMILES string of the molecule is Cc1cc(CC(=O)N(CCC(=O)O)C(C)C)no1. The number of carbonyl (C=O) groups is 2. The van der Waals surface area contributed by atoms with Gasteiger partial charge in [0.25, 0.3) is 0 Å². The molecule has 0 saturated heterocycles. The summed E-state index contributed by atoms with van der Waals surface area (Å²) in [5.41, 5.74) is 0.568. The number of aliphatic carboxylic acids is 1. The summed E-state index contributed by atoms with van der Waals surface area (Å²) >= 11 is 0. The first-order valence-corrected chi connectivity index (χ1v) is 5.83. The van der Waals surface area contributed by atoms with Crippen LogP contribution in [-0.4, -0.2) is 39.6 Å². The fraction of sp³-hybridized carbons (Fsp3) is 0.583. The number of carboxylic acids is 1. The van der Waals surface area contributed by atoms with Gasteiger partial charge in [-0.25, -0.2) is 0 Å². The van der Waals surface area contributed by atoms with Crippen molar-refractivity contribution in [3.05, 3.63) is 17.5 Å². The lowest BCUT2D eigenvalue weighted by molar-refractivity contribution is -0.139. The Labute approximate surface area is 106 Å². The van der Waals surface area contributed by atoms with E-state index in [1.165, 1.54) is 4.90 Å². The maximum atomic E-state index is 12.0. The highest BCUT2D eigenvalue weighted by molar-refractivity contribution is 5.79. The predicted molar refractivity (Wildman–Crippen MR) is 64.0 cm³/mol. The number of carbonyl (C=O) groups excluding carboxylic acids is 1. The molecule has 0 fully saturated rings. The van der Waals surface area contributed by atoms with Crippen molar-refractivity contribution in [3.63, 3.8) is 0 Å². The molecule has 1 rings (SSSR count). The quantitative estimate of drug-likeness (QED) is 0.825. The molecule has 0 bridgehead atoms. The lowest BCUT2D eigenvalue weighted by Crippen LogP contribution is -2.39. The monoisotopic (exact) mass is 254 g/mol. The first kappa shape index (κ1) is 14.2. The van der Waals surface area contributed by atoms with E-state index in [1.807, 2.05) is 13.8 Å². The second kappa shape index (κ2) is 6.18. The Kier molecular flexibility index (Phi) is 4.88. The van der Waals surface area contributed by atoms with Gasteiger partial charge in [-0.1, -0.05) is 5.16 Å². The second-order valence-electron chi connectivity index (χ2n) is 4.43. The third-order valence-corrected chi connectivity index (χ3v) is 2.52. The van der Waals surface area contributed by atoms with Gasteiger partial charge < -0.3 is 14.5 Å². The first-order valence-electron chi connectivity index (χ1n) is 5.83. The molecule has 18 heavy (non-hydrogen) atoms. The molecular weight excluding hydrogens is 236 g/mol. The van der Waals surface area contributed by atoms with E-state index in [0.717, 1.165) is 0 Å². The molecule has 0 aliphatic carbocycles. The van der Waals surface area contributed by atoms with Crippen LogP contribution >= 0.6 is 0 Å². The van der Waals surface area contributed by atoms with Crippen molar-refractivity contribution in [3.8, 4) is 0 Å². The fourth-order valence-electron chi connectivity index (χ4n) is 1.64. The summed E-state index contributed by atoms with van der Waals surface area (Å²) in [6.45, 7) is 5.68. The number of aromatic nitrogens is 1. The Hall–Kier alpha value is -1.85. The summed E-state index contributed by atoms with van der Waals surface area (Å²) in [5, 5.41) is 12.4. The van der Waals surface area contributed by atoms with E-state index >= 15 is 0 Å². The molecule has 1 N–H and O–H groups in total. The molecule has 0 atom stereocenters. The van der Waals surface area contributed by atoms with Crippen LogP contribution in [0.1, 0.15) is 31.7 Å². The summed E-state index contributed by atoms with van der Waals surface area (Å²) < 4.78 is 4.89. The number of carboxylic acid groups (broad SMARTS) is 1. The predicted octanol–water partition coefficient (Wildman–Crippen LogP) is 1.24. The van der Waals surface area contributed by atoms with Gasteiger partial charge in [0.15, 0.2) is 0 Å². The van der Waals surface area contributed by atoms with E-state index in [9.17, 15) is 9.59 Å². The molecule has 0 unspecified atom stereocenters. The summed E-state index contributed by atoms with van der Waals surface area (Å²) in [6, 6.07) is 1.66. The van der Waals surface area contributed by atoms with Gasteiger partial charge in [-0.3, -0.25) is 9.59 Å². The van der Waals surface area contributed by atoms with Crippen LogP contribution in [-0.2, 0) is 16.0 Å². The topological polar surface area (TPSA) is 83.6 Å². The van der Waals surface area contributed by atoms with Gasteiger partial charge in [0.05, 0.1) is 18.5 Å². The van der Waals surface area contributed by atoms with Crippen LogP contribution in [0.4, 0.5) is 0 Å². The van der Waals surface area contributed by atoms with Crippen LogP contribution < -0.4 is 0 Å². The van der Waals surface area contributed by atoms with Gasteiger partial charge in [0.2, 0.25) is 5.91 Å². The minimum atomic E-state index is -0.911. The number of aryl methyl sites for hydroxylation is 1. The molecule has 0 radical (unpaired) electrons. The molecule has 0 aliphatic rings. The normalized spacial score (nSPS) is 10.7. The minimum absolute atomic E-state index is 0.0372. The maximum Gasteiger partial charge on any atom is 0.305 e. The van der Waals surface area contributed by atoms with Crippen molar-refractivity contribution in [2.45, 2.75) is 39.7 Å². The van der Waals surface area contributed by atoms with Crippen molar-refractivity contribution in [1.82, 2.24) is 10.1 Å². The number of amides is 1. The lowest BCUT2D eigenvalue weighted by Gasteiger charge is -2.25. The highest BCUT2D eigenvalue weighted by Gasteiger charge is 2.19. The number of hydrogen-bond donors (Lipinski definition) is 1. The van der Waals surface area contributed by atoms with Crippen molar-refractivity contribution in [1.29, 1.82) is 0 Å². The Morgan fingerprint density at radius 3 is 2.61 bits per heavy atom. The van der Waals surface area contributed by atoms with Gasteiger partial charge >= 0.3 is 5.97 Å². The summed E-state index contributed by atoms with van der Waals surface area (Å²) in [5.74, 6) is -0.398. The van der Waals surface area contributed by atoms with Gasteiger partial charge in [0.1, 0.15) is 5.76 Å². The molecule has 1 heterocycles. The van der Waals surface area contributed by atoms with E-state index in [0.29, 0.717) is 11.5 Å². The summed E-state index contributed by atoms with van der Waals surface area (Å²) in [7, 11) is 0. The molecule has 1 amide bonds. The minimum Gasteiger partial charge on any atom is -0.481 e. The van der Waals surface area contributed by atoms with Crippen LogP contribution in [0.5, 0.6) is 0 Å². The van der Waals surface area contributed by atoms with Crippen LogP contribution in [0.25, 0.3) is 0 Å². The molecule has 1 aromatic rings. The zero-order valence-electron chi connectivity index (χ0n) is 10.8. The first-order chi connectivity index (χ1) is 8.40. The van der Waals surface area contributed by atoms with Crippen molar-refractivity contribution < 1.29 is 19.2 Å². The van der Waals surface area contributed by atoms with Crippen LogP contribution in [0.15, 0.2) is 10.6 Å². The smallest absolute Gasteiger partial charge is 0.305 e. The second-order valence-corrected chi connectivity index (χ2v) is 4.43. The van der Waals surface area contributed by atoms with Gasteiger partial charge in [-0.2, -0.15) is 0 Å². The zero-order chi connectivity index (χ0) is 13.7. The van der Waals surface area contributed by atoms with Crippen LogP contribution in [0.2, 0.25) is 0 Å². The van der Waals surface area contributed by atoms with E-state index in [-0.39, 0.29) is 31.3 Å². The van der Waals surface area contributed by atoms with Crippen LogP contribution in [0, 0.1) is 6.92 Å². The maximum absolute atomic E-state index is 12.0. The van der Waals surface area contributed by atoms with Gasteiger partial charge in [0, 0.05) is 18.7 Å². The Balaban J connectivity index is 2.62. The largest absolute Gasteiger partial charge is 0.481 e. The number of hydrogen-bond acceptors (Lipinski definition) is 4. The third kappa shape index (κ3) is 4.20. The van der Waals surface area contributed by atoms with Gasteiger partial charge in [-0.05, 0) is 20.8 Å².